The lowest BCUT2D eigenvalue weighted by Crippen LogP contribution is -2.48. The highest BCUT2D eigenvalue weighted by Crippen LogP contribution is 2.22. The molecule has 1 aromatic heterocycles. The Kier molecular flexibility index (Phi) is 8.23. The normalized spacial score (nSPS) is 13.4. The highest BCUT2D eigenvalue weighted by Gasteiger charge is 2.23. The van der Waals surface area contributed by atoms with Gasteiger partial charge in [-0.3, -0.25) is 9.59 Å². The lowest BCUT2D eigenvalue weighted by atomic mass is 10.1. The summed E-state index contributed by atoms with van der Waals surface area (Å²) >= 11 is 1.50. The first-order chi connectivity index (χ1) is 20.5. The second-order valence-corrected chi connectivity index (χ2v) is 11.5. The molecule has 0 atom stereocenters. The van der Waals surface area contributed by atoms with Gasteiger partial charge in [0.05, 0.1) is 5.75 Å². The van der Waals surface area contributed by atoms with Crippen LogP contribution in [0.5, 0.6) is 0 Å². The zero-order chi connectivity index (χ0) is 28.9. The maximum absolute atomic E-state index is 12.9. The average molecular weight is 577 g/mol. The van der Waals surface area contributed by atoms with Crippen molar-refractivity contribution in [2.45, 2.75) is 18.6 Å². The lowest BCUT2D eigenvalue weighted by molar-refractivity contribution is -0.700. The van der Waals surface area contributed by atoms with Gasteiger partial charge in [-0.05, 0) is 72.8 Å². The Hall–Kier alpha value is -4.56. The molecule has 2 N–H and O–H groups in total. The van der Waals surface area contributed by atoms with Crippen molar-refractivity contribution in [3.8, 4) is 0 Å². The van der Waals surface area contributed by atoms with Crippen molar-refractivity contribution in [1.82, 2.24) is 9.88 Å². The van der Waals surface area contributed by atoms with E-state index in [0.29, 0.717) is 18.8 Å². The third-order valence-corrected chi connectivity index (χ3v) is 8.59. The Bertz CT molecular complexity index is 1680. The average Bonchev–Trinajstić information content (AvgIpc) is 3.38. The first-order valence-electron chi connectivity index (χ1n) is 14.2. The summed E-state index contributed by atoms with van der Waals surface area (Å²) in [6, 6.07) is 34.3. The van der Waals surface area contributed by atoms with Gasteiger partial charge in [0, 0.05) is 43.1 Å². The van der Waals surface area contributed by atoms with E-state index >= 15 is 0 Å². The maximum Gasteiger partial charge on any atom is 0.317 e. The number of para-hydroxylation sites is 2. The minimum Gasteiger partial charge on any atom is -0.368 e. The van der Waals surface area contributed by atoms with Gasteiger partial charge in [-0.2, -0.15) is 0 Å². The first-order valence-corrected chi connectivity index (χ1v) is 15.2. The number of aryl methyl sites for hydroxylation is 1. The van der Waals surface area contributed by atoms with Crippen LogP contribution >= 0.6 is 11.8 Å². The molecular weight excluding hydrogens is 542 g/mol. The zero-order valence-electron chi connectivity index (χ0n) is 23.6. The number of anilines is 2. The quantitative estimate of drug-likeness (QED) is 0.189. The molecule has 0 spiro atoms. The van der Waals surface area contributed by atoms with Crippen molar-refractivity contribution >= 4 is 46.0 Å². The molecule has 4 aromatic carbocycles. The van der Waals surface area contributed by atoms with Gasteiger partial charge in [0.15, 0.2) is 11.0 Å². The number of thioether (sulfide) groups is 1. The van der Waals surface area contributed by atoms with Gasteiger partial charge in [-0.15, -0.1) is 0 Å². The van der Waals surface area contributed by atoms with E-state index in [1.165, 1.54) is 17.3 Å². The Morgan fingerprint density at radius 2 is 1.52 bits per heavy atom. The van der Waals surface area contributed by atoms with Crippen molar-refractivity contribution in [1.29, 1.82) is 0 Å². The number of nitrogens with zero attached hydrogens (tertiary/aromatic N) is 3. The molecule has 212 valence electrons. The van der Waals surface area contributed by atoms with Crippen LogP contribution in [0.15, 0.2) is 108 Å². The summed E-state index contributed by atoms with van der Waals surface area (Å²) in [4.78, 5) is 33.4. The van der Waals surface area contributed by atoms with E-state index in [-0.39, 0.29) is 11.8 Å². The number of hydrogen-bond acceptors (Lipinski definition) is 4. The zero-order valence-corrected chi connectivity index (χ0v) is 24.4. The minimum absolute atomic E-state index is 0.0547. The standard InChI is InChI=1S/C34H33N5O2S/c1-25-11-13-27(14-12-25)33(41)38-21-19-37(20-22-38)29-17-15-28(16-18-29)35-32(40)24-42-34-36-30-9-5-6-10-31(30)39(34)23-26-7-3-2-4-8-26/h2-18H,19-24H2,1H3,(H,35,40)/p+1. The predicted octanol–water partition coefficient (Wildman–Crippen LogP) is 5.51. The van der Waals surface area contributed by atoms with Crippen molar-refractivity contribution < 1.29 is 14.2 Å². The highest BCUT2D eigenvalue weighted by molar-refractivity contribution is 7.99. The third kappa shape index (κ3) is 6.34. The number of benzene rings is 4. The van der Waals surface area contributed by atoms with E-state index in [1.54, 1.807) is 0 Å². The largest absolute Gasteiger partial charge is 0.368 e. The molecule has 2 heterocycles. The highest BCUT2D eigenvalue weighted by atomic mass is 32.2. The minimum atomic E-state index is -0.0547. The van der Waals surface area contributed by atoms with Crippen LogP contribution in [0.3, 0.4) is 0 Å². The summed E-state index contributed by atoms with van der Waals surface area (Å²) in [5.74, 6) is 0.324. The lowest BCUT2D eigenvalue weighted by Gasteiger charge is -2.36. The van der Waals surface area contributed by atoms with Crippen molar-refractivity contribution in [3.05, 3.63) is 120 Å². The topological polar surface area (TPSA) is 72.3 Å². The molecule has 1 aliphatic rings. The molecule has 0 radical (unpaired) electrons. The maximum atomic E-state index is 12.9. The van der Waals surface area contributed by atoms with Gasteiger partial charge in [0.25, 0.3) is 5.91 Å². The van der Waals surface area contributed by atoms with E-state index < -0.39 is 0 Å². The molecule has 0 saturated carbocycles. The van der Waals surface area contributed by atoms with E-state index in [0.717, 1.165) is 58.3 Å². The Morgan fingerprint density at radius 1 is 0.833 bits per heavy atom. The summed E-state index contributed by atoms with van der Waals surface area (Å²) in [5.41, 5.74) is 7.11. The molecule has 1 aliphatic heterocycles. The van der Waals surface area contributed by atoms with Gasteiger partial charge in [-0.1, -0.05) is 60.2 Å². The smallest absolute Gasteiger partial charge is 0.317 e. The fourth-order valence-electron chi connectivity index (χ4n) is 5.28. The van der Waals surface area contributed by atoms with Gasteiger partial charge in [0.2, 0.25) is 5.91 Å². The number of aromatic nitrogens is 2. The van der Waals surface area contributed by atoms with Crippen LogP contribution in [0.1, 0.15) is 21.5 Å². The number of hydrogen-bond donors (Lipinski definition) is 2. The molecule has 0 bridgehead atoms. The number of carbonyl (C=O) groups excluding carboxylic acids is 2. The number of carbonyl (C=O) groups is 2. The SMILES string of the molecule is Cc1ccc(C(=O)N2CCN(c3ccc(NC(=O)CSc4[nH]c5ccccc5[n+]4Cc4ccccc4)cc3)CC2)cc1. The number of fused-ring (bicyclic) bond motifs is 1. The monoisotopic (exact) mass is 576 g/mol. The molecule has 42 heavy (non-hydrogen) atoms. The Morgan fingerprint density at radius 3 is 2.26 bits per heavy atom. The summed E-state index contributed by atoms with van der Waals surface area (Å²) in [6.45, 7) is 5.65. The summed E-state index contributed by atoms with van der Waals surface area (Å²) in [5, 5.41) is 3.98. The number of piperazine rings is 1. The van der Waals surface area contributed by atoms with Crippen molar-refractivity contribution in [2.75, 3.05) is 42.1 Å². The molecule has 1 saturated heterocycles. The molecule has 0 unspecified atom stereocenters. The van der Waals surface area contributed by atoms with Crippen LogP contribution in [-0.2, 0) is 11.3 Å². The fourth-order valence-corrected chi connectivity index (χ4v) is 6.12. The van der Waals surface area contributed by atoms with Crippen LogP contribution < -0.4 is 14.8 Å². The van der Waals surface area contributed by atoms with E-state index in [2.05, 4.69) is 44.0 Å². The van der Waals surface area contributed by atoms with Crippen LogP contribution in [0.25, 0.3) is 11.0 Å². The number of imidazole rings is 1. The Balaban J connectivity index is 1.03. The van der Waals surface area contributed by atoms with E-state index in [4.69, 9.17) is 0 Å². The number of amides is 2. The van der Waals surface area contributed by atoms with Gasteiger partial charge in [-0.25, -0.2) is 9.55 Å². The first kappa shape index (κ1) is 27.6. The molecule has 8 heteroatoms. The molecule has 7 nitrogen and oxygen atoms in total. The predicted molar refractivity (Wildman–Crippen MR) is 169 cm³/mol. The second-order valence-electron chi connectivity index (χ2n) is 10.5. The van der Waals surface area contributed by atoms with Crippen LogP contribution in [0, 0.1) is 6.92 Å². The van der Waals surface area contributed by atoms with Gasteiger partial charge in [0.1, 0.15) is 6.54 Å². The summed E-state index contributed by atoms with van der Waals surface area (Å²) < 4.78 is 2.23. The molecule has 2 amide bonds. The number of nitrogens with one attached hydrogen (secondary N) is 2. The number of rotatable bonds is 8. The number of aromatic amines is 1. The van der Waals surface area contributed by atoms with Gasteiger partial charge >= 0.3 is 5.16 Å². The van der Waals surface area contributed by atoms with E-state index in [1.807, 2.05) is 90.7 Å². The van der Waals surface area contributed by atoms with E-state index in [9.17, 15) is 9.59 Å². The Labute approximate surface area is 250 Å². The molecule has 0 aliphatic carbocycles. The second kappa shape index (κ2) is 12.5. The molecular formula is C34H34N5O2S+. The van der Waals surface area contributed by atoms with Gasteiger partial charge < -0.3 is 15.1 Å². The molecule has 6 rings (SSSR count). The number of H-pyrrole nitrogens is 1. The molecule has 1 fully saturated rings. The fraction of sp³-hybridized carbons (Fsp3) is 0.206. The van der Waals surface area contributed by atoms with Crippen LogP contribution in [0.4, 0.5) is 11.4 Å². The van der Waals surface area contributed by atoms with Crippen LogP contribution in [0.2, 0.25) is 0 Å². The van der Waals surface area contributed by atoms with Crippen molar-refractivity contribution in [2.24, 2.45) is 0 Å². The summed E-state index contributed by atoms with van der Waals surface area (Å²) in [7, 11) is 0. The molecule has 5 aromatic rings. The summed E-state index contributed by atoms with van der Waals surface area (Å²) in [6.07, 6.45) is 0. The third-order valence-electron chi connectivity index (χ3n) is 7.59. The van der Waals surface area contributed by atoms with Crippen LogP contribution in [-0.4, -0.2) is 53.6 Å². The van der Waals surface area contributed by atoms with Crippen molar-refractivity contribution in [3.63, 3.8) is 0 Å².